The summed E-state index contributed by atoms with van der Waals surface area (Å²) in [6.45, 7) is 1.55. The van der Waals surface area contributed by atoms with Crippen LogP contribution in [0.4, 0.5) is 5.69 Å². The first kappa shape index (κ1) is 22.0. The van der Waals surface area contributed by atoms with Crippen molar-refractivity contribution in [2.24, 2.45) is 0 Å². The van der Waals surface area contributed by atoms with Gasteiger partial charge in [0.25, 0.3) is 0 Å². The smallest absolute Gasteiger partial charge is 0.217 e. The van der Waals surface area contributed by atoms with Gasteiger partial charge in [-0.05, 0) is 98.7 Å². The van der Waals surface area contributed by atoms with Gasteiger partial charge in [0.2, 0.25) is 12.3 Å². The van der Waals surface area contributed by atoms with Crippen molar-refractivity contribution in [2.45, 2.75) is 75.8 Å². The van der Waals surface area contributed by atoms with E-state index in [1.165, 1.54) is 59.9 Å². The zero-order chi connectivity index (χ0) is 21.8. The predicted octanol–water partition coefficient (Wildman–Crippen LogP) is 4.25. The number of benzene rings is 1. The Morgan fingerprint density at radius 2 is 1.77 bits per heavy atom. The lowest BCUT2D eigenvalue weighted by Gasteiger charge is -2.21. The summed E-state index contributed by atoms with van der Waals surface area (Å²) in [6, 6.07) is 4.52. The third-order valence-electron chi connectivity index (χ3n) is 6.35. The van der Waals surface area contributed by atoms with Crippen LogP contribution < -0.4 is 15.4 Å². The van der Waals surface area contributed by atoms with Crippen LogP contribution in [0, 0.1) is 0 Å². The number of nitrogens with one attached hydrogen (secondary N) is 3. The standard InChI is InChI=1S/C13H15NO.C11H16N2O2S/c15-8-14-13-11-5-1-3-9(11)7-10-4-2-6-12(10)13;1-7(14)13-9-4-3-5-10-8(9)6-11(15-10)16-12-2/h7-8H,1-6H2,(H,14,15);6,9,12H,3-5H2,1-2H3,(H,13,14). The summed E-state index contributed by atoms with van der Waals surface area (Å²) in [5.41, 5.74) is 8.04. The van der Waals surface area contributed by atoms with Crippen LogP contribution in [0.25, 0.3) is 0 Å². The maximum atomic E-state index is 11.1. The highest BCUT2D eigenvalue weighted by atomic mass is 32.2. The number of aryl methyl sites for hydroxylation is 3. The highest BCUT2D eigenvalue weighted by Crippen LogP contribution is 2.38. The second-order valence-corrected chi connectivity index (χ2v) is 9.41. The predicted molar refractivity (Wildman–Crippen MR) is 123 cm³/mol. The average Bonchev–Trinajstić information content (AvgIpc) is 3.47. The van der Waals surface area contributed by atoms with E-state index in [9.17, 15) is 9.59 Å². The van der Waals surface area contributed by atoms with Crippen LogP contribution in [-0.4, -0.2) is 19.4 Å². The van der Waals surface area contributed by atoms with Gasteiger partial charge in [-0.25, -0.2) is 0 Å². The Morgan fingerprint density at radius 3 is 2.39 bits per heavy atom. The van der Waals surface area contributed by atoms with Crippen LogP contribution in [0.15, 0.2) is 21.6 Å². The molecule has 31 heavy (non-hydrogen) atoms. The normalized spacial score (nSPS) is 18.3. The Balaban J connectivity index is 0.000000149. The maximum Gasteiger partial charge on any atom is 0.217 e. The Bertz CT molecular complexity index is 937. The molecule has 3 N–H and O–H groups in total. The molecule has 2 amide bonds. The van der Waals surface area contributed by atoms with E-state index in [4.69, 9.17) is 4.42 Å². The van der Waals surface area contributed by atoms with Gasteiger partial charge in [-0.3, -0.25) is 14.3 Å². The van der Waals surface area contributed by atoms with Crippen molar-refractivity contribution >= 4 is 30.0 Å². The number of anilines is 1. The lowest BCUT2D eigenvalue weighted by atomic mass is 9.93. The number of carbonyl (C=O) groups is 2. The molecule has 2 aromatic rings. The largest absolute Gasteiger partial charge is 0.453 e. The average molecular weight is 442 g/mol. The first-order chi connectivity index (χ1) is 15.1. The van der Waals surface area contributed by atoms with Crippen LogP contribution in [0.2, 0.25) is 0 Å². The van der Waals surface area contributed by atoms with Gasteiger partial charge < -0.3 is 15.1 Å². The Kier molecular flexibility index (Phi) is 7.02. The van der Waals surface area contributed by atoms with Crippen molar-refractivity contribution in [3.63, 3.8) is 0 Å². The molecule has 3 aliphatic rings. The highest BCUT2D eigenvalue weighted by Gasteiger charge is 2.25. The molecule has 1 aromatic heterocycles. The molecule has 166 valence electrons. The molecule has 1 aromatic carbocycles. The summed E-state index contributed by atoms with van der Waals surface area (Å²) in [6.07, 6.45) is 11.0. The first-order valence-corrected chi connectivity index (χ1v) is 12.0. The summed E-state index contributed by atoms with van der Waals surface area (Å²) in [7, 11) is 1.86. The van der Waals surface area contributed by atoms with Gasteiger partial charge in [0, 0.05) is 24.6 Å². The molecule has 0 fully saturated rings. The van der Waals surface area contributed by atoms with Crippen LogP contribution in [0.3, 0.4) is 0 Å². The zero-order valence-electron chi connectivity index (χ0n) is 18.3. The SMILES string of the molecule is CNSc1cc2c(o1)CCCC2NC(C)=O.O=CNc1c2c(cc3c1CCC3)CCC2. The summed E-state index contributed by atoms with van der Waals surface area (Å²) in [5.74, 6) is 1.03. The molecule has 0 bridgehead atoms. The number of rotatable bonds is 5. The monoisotopic (exact) mass is 441 g/mol. The van der Waals surface area contributed by atoms with Gasteiger partial charge in [-0.15, -0.1) is 0 Å². The third-order valence-corrected chi connectivity index (χ3v) is 6.95. The molecule has 6 nitrogen and oxygen atoms in total. The molecule has 0 aliphatic heterocycles. The fraction of sp³-hybridized carbons (Fsp3) is 0.500. The molecule has 1 heterocycles. The van der Waals surface area contributed by atoms with Crippen molar-refractivity contribution in [1.29, 1.82) is 0 Å². The lowest BCUT2D eigenvalue weighted by molar-refractivity contribution is -0.119. The quantitative estimate of drug-likeness (QED) is 0.477. The Hall–Kier alpha value is -2.25. The number of carbonyl (C=O) groups excluding carboxylic acids is 2. The number of hydrogen-bond donors (Lipinski definition) is 3. The van der Waals surface area contributed by atoms with Crippen molar-refractivity contribution in [3.8, 4) is 0 Å². The van der Waals surface area contributed by atoms with E-state index in [1.54, 1.807) is 6.92 Å². The van der Waals surface area contributed by atoms with Gasteiger partial charge in [0.1, 0.15) is 5.76 Å². The Morgan fingerprint density at radius 1 is 1.06 bits per heavy atom. The molecule has 0 saturated carbocycles. The van der Waals surface area contributed by atoms with E-state index in [-0.39, 0.29) is 11.9 Å². The Labute approximate surface area is 188 Å². The summed E-state index contributed by atoms with van der Waals surface area (Å²) in [5, 5.41) is 6.76. The molecular formula is C24H31N3O3S. The van der Waals surface area contributed by atoms with Crippen LogP contribution in [0.1, 0.15) is 72.2 Å². The van der Waals surface area contributed by atoms with E-state index in [0.717, 1.165) is 60.6 Å². The fourth-order valence-corrected chi connectivity index (χ4v) is 5.65. The third kappa shape index (κ3) is 4.83. The van der Waals surface area contributed by atoms with Gasteiger partial charge in [-0.2, -0.15) is 0 Å². The molecule has 7 heteroatoms. The van der Waals surface area contributed by atoms with Gasteiger partial charge in [-0.1, -0.05) is 6.07 Å². The van der Waals surface area contributed by atoms with E-state index in [1.807, 2.05) is 13.1 Å². The molecule has 5 rings (SSSR count). The number of amides is 2. The number of hydrogen-bond acceptors (Lipinski definition) is 5. The van der Waals surface area contributed by atoms with E-state index >= 15 is 0 Å². The minimum Gasteiger partial charge on any atom is -0.453 e. The molecule has 0 spiro atoms. The topological polar surface area (TPSA) is 83.4 Å². The van der Waals surface area contributed by atoms with Crippen molar-refractivity contribution in [1.82, 2.24) is 10.0 Å². The van der Waals surface area contributed by atoms with Gasteiger partial charge in [0.05, 0.1) is 6.04 Å². The summed E-state index contributed by atoms with van der Waals surface area (Å²) < 4.78 is 8.69. The second kappa shape index (κ2) is 9.92. The van der Waals surface area contributed by atoms with Crippen LogP contribution >= 0.6 is 11.9 Å². The minimum atomic E-state index is 0.0156. The molecular weight excluding hydrogens is 410 g/mol. The fourth-order valence-electron chi connectivity index (χ4n) is 5.13. The van der Waals surface area contributed by atoms with Crippen molar-refractivity contribution in [2.75, 3.05) is 12.4 Å². The molecule has 1 unspecified atom stereocenters. The van der Waals surface area contributed by atoms with Crippen molar-refractivity contribution < 1.29 is 14.0 Å². The van der Waals surface area contributed by atoms with Gasteiger partial charge in [0.15, 0.2) is 5.09 Å². The van der Waals surface area contributed by atoms with E-state index < -0.39 is 0 Å². The highest BCUT2D eigenvalue weighted by molar-refractivity contribution is 7.97. The molecule has 0 saturated heterocycles. The van der Waals surface area contributed by atoms with Crippen LogP contribution in [-0.2, 0) is 41.7 Å². The summed E-state index contributed by atoms with van der Waals surface area (Å²) in [4.78, 5) is 21.8. The zero-order valence-corrected chi connectivity index (χ0v) is 19.1. The lowest BCUT2D eigenvalue weighted by Crippen LogP contribution is -2.28. The molecule has 1 atom stereocenters. The summed E-state index contributed by atoms with van der Waals surface area (Å²) >= 11 is 1.46. The van der Waals surface area contributed by atoms with E-state index in [0.29, 0.717) is 0 Å². The molecule has 3 aliphatic carbocycles. The minimum absolute atomic E-state index is 0.0156. The first-order valence-electron chi connectivity index (χ1n) is 11.2. The van der Waals surface area contributed by atoms with Crippen molar-refractivity contribution in [3.05, 3.63) is 45.7 Å². The second-order valence-electron chi connectivity index (χ2n) is 8.39. The number of fused-ring (bicyclic) bond motifs is 3. The van der Waals surface area contributed by atoms with Gasteiger partial charge >= 0.3 is 0 Å². The van der Waals surface area contributed by atoms with Crippen LogP contribution in [0.5, 0.6) is 0 Å². The number of furan rings is 1. The maximum absolute atomic E-state index is 11.1. The molecule has 0 radical (unpaired) electrons. The van der Waals surface area contributed by atoms with E-state index in [2.05, 4.69) is 21.4 Å².